The number of halogens is 2. The molecule has 29 heavy (non-hydrogen) atoms. The number of ether oxygens (including phenoxy) is 1. The van der Waals surface area contributed by atoms with Crippen molar-refractivity contribution in [3.8, 4) is 0 Å². The first kappa shape index (κ1) is 23.0. The fourth-order valence-electron chi connectivity index (χ4n) is 4.27. The number of fused-ring (bicyclic) bond motifs is 2. The smallest absolute Gasteiger partial charge is 0.306 e. The first-order chi connectivity index (χ1) is 14.0. The molecular formula is C24H28I2O3. The zero-order chi connectivity index (χ0) is 20.8. The van der Waals surface area contributed by atoms with Gasteiger partial charge in [-0.2, -0.15) is 0 Å². The Labute approximate surface area is 200 Å². The van der Waals surface area contributed by atoms with E-state index in [1.165, 1.54) is 30.3 Å². The standard InChI is InChI=1S/C14H17IO2.C10H11IO/c1-2-17-14(16)9-11-5-3-4-10-8-12(15)6-7-13(10)11;11-8-4-5-9-7(6-8)2-1-3-10(9)12/h6-8,11H,2-5,9H2,1H3;4-6,10,12H,1-3H2/t11-;10-/m00/s1. The minimum Gasteiger partial charge on any atom is -0.466 e. The molecule has 0 unspecified atom stereocenters. The number of benzene rings is 2. The van der Waals surface area contributed by atoms with Crippen LogP contribution in [0.5, 0.6) is 0 Å². The Hall–Kier alpha value is -0.670. The number of hydrogen-bond donors (Lipinski definition) is 1. The van der Waals surface area contributed by atoms with Gasteiger partial charge >= 0.3 is 5.97 Å². The van der Waals surface area contributed by atoms with E-state index in [1.54, 1.807) is 0 Å². The Kier molecular flexibility index (Phi) is 8.80. The van der Waals surface area contributed by atoms with Gasteiger partial charge in [0, 0.05) is 7.14 Å². The van der Waals surface area contributed by atoms with E-state index in [9.17, 15) is 9.90 Å². The average Bonchev–Trinajstić information content (AvgIpc) is 2.68. The van der Waals surface area contributed by atoms with Gasteiger partial charge < -0.3 is 9.84 Å². The molecule has 0 amide bonds. The van der Waals surface area contributed by atoms with E-state index in [4.69, 9.17) is 4.74 Å². The largest absolute Gasteiger partial charge is 0.466 e. The average molecular weight is 618 g/mol. The van der Waals surface area contributed by atoms with Crippen LogP contribution in [0.25, 0.3) is 0 Å². The maximum Gasteiger partial charge on any atom is 0.306 e. The molecule has 0 fully saturated rings. The van der Waals surface area contributed by atoms with Crippen molar-refractivity contribution in [1.82, 2.24) is 0 Å². The third-order valence-electron chi connectivity index (χ3n) is 5.65. The third kappa shape index (κ3) is 6.40. The molecule has 2 aliphatic carbocycles. The van der Waals surface area contributed by atoms with Crippen LogP contribution in [0.1, 0.15) is 73.3 Å². The minimum absolute atomic E-state index is 0.0658. The molecule has 2 aromatic rings. The zero-order valence-corrected chi connectivity index (χ0v) is 21.1. The number of hydrogen-bond acceptors (Lipinski definition) is 3. The Balaban J connectivity index is 0.000000176. The molecule has 0 bridgehead atoms. The van der Waals surface area contributed by atoms with E-state index < -0.39 is 0 Å². The van der Waals surface area contributed by atoms with Crippen LogP contribution in [-0.2, 0) is 22.4 Å². The molecule has 2 atom stereocenters. The van der Waals surface area contributed by atoms with Crippen LogP contribution in [0.4, 0.5) is 0 Å². The fourth-order valence-corrected chi connectivity index (χ4v) is 5.39. The van der Waals surface area contributed by atoms with Crippen molar-refractivity contribution in [3.05, 3.63) is 65.8 Å². The Bertz CT molecular complexity index is 850. The van der Waals surface area contributed by atoms with Crippen molar-refractivity contribution in [2.24, 2.45) is 0 Å². The highest BCUT2D eigenvalue weighted by molar-refractivity contribution is 14.1. The minimum atomic E-state index is -0.217. The molecule has 0 aromatic heterocycles. The van der Waals surface area contributed by atoms with Crippen LogP contribution >= 0.6 is 45.2 Å². The lowest BCUT2D eigenvalue weighted by molar-refractivity contribution is -0.143. The molecule has 5 heteroatoms. The third-order valence-corrected chi connectivity index (χ3v) is 6.99. The van der Waals surface area contributed by atoms with E-state index in [-0.39, 0.29) is 12.1 Å². The van der Waals surface area contributed by atoms with E-state index in [2.05, 4.69) is 81.6 Å². The number of rotatable bonds is 3. The van der Waals surface area contributed by atoms with Crippen molar-refractivity contribution >= 4 is 51.2 Å². The number of aryl methyl sites for hydroxylation is 2. The summed E-state index contributed by atoms with van der Waals surface area (Å²) in [5.41, 5.74) is 5.24. The summed E-state index contributed by atoms with van der Waals surface area (Å²) in [6.45, 7) is 2.33. The van der Waals surface area contributed by atoms with Crippen LogP contribution in [0, 0.1) is 7.14 Å². The van der Waals surface area contributed by atoms with Crippen LogP contribution in [0.15, 0.2) is 36.4 Å². The van der Waals surface area contributed by atoms with Gasteiger partial charge in [-0.25, -0.2) is 0 Å². The topological polar surface area (TPSA) is 46.5 Å². The van der Waals surface area contributed by atoms with Crippen LogP contribution < -0.4 is 0 Å². The van der Waals surface area contributed by atoms with Crippen molar-refractivity contribution in [2.45, 2.75) is 63.9 Å². The van der Waals surface area contributed by atoms with E-state index in [0.717, 1.165) is 37.7 Å². The van der Waals surface area contributed by atoms with Crippen LogP contribution in [0.3, 0.4) is 0 Å². The molecule has 156 valence electrons. The highest BCUT2D eigenvalue weighted by Gasteiger charge is 2.23. The number of aliphatic hydroxyl groups excluding tert-OH is 1. The highest BCUT2D eigenvalue weighted by atomic mass is 127. The molecular weight excluding hydrogens is 590 g/mol. The summed E-state index contributed by atoms with van der Waals surface area (Å²) >= 11 is 4.65. The van der Waals surface area contributed by atoms with Crippen molar-refractivity contribution < 1.29 is 14.6 Å². The van der Waals surface area contributed by atoms with Crippen LogP contribution in [-0.4, -0.2) is 17.7 Å². The summed E-state index contributed by atoms with van der Waals surface area (Å²) in [6.07, 6.45) is 6.91. The number of aliphatic hydroxyl groups is 1. The Morgan fingerprint density at radius 3 is 2.24 bits per heavy atom. The second-order valence-electron chi connectivity index (χ2n) is 7.69. The second kappa shape index (κ2) is 11.1. The lowest BCUT2D eigenvalue weighted by Crippen LogP contribution is -2.15. The first-order valence-corrected chi connectivity index (χ1v) is 12.5. The maximum absolute atomic E-state index is 11.6. The van der Waals surface area contributed by atoms with Gasteiger partial charge in [-0.3, -0.25) is 4.79 Å². The fraction of sp³-hybridized carbons (Fsp3) is 0.458. The summed E-state index contributed by atoms with van der Waals surface area (Å²) < 4.78 is 7.58. The summed E-state index contributed by atoms with van der Waals surface area (Å²) in [5.74, 6) is 0.290. The van der Waals surface area contributed by atoms with E-state index in [1.807, 2.05) is 6.92 Å². The summed E-state index contributed by atoms with van der Waals surface area (Å²) in [5, 5.41) is 9.65. The molecule has 2 aliphatic rings. The molecule has 0 heterocycles. The Morgan fingerprint density at radius 1 is 1.00 bits per heavy atom. The van der Waals surface area contributed by atoms with Gasteiger partial charge in [-0.15, -0.1) is 0 Å². The normalized spacial score (nSPS) is 20.0. The molecule has 0 aliphatic heterocycles. The van der Waals surface area contributed by atoms with E-state index >= 15 is 0 Å². The zero-order valence-electron chi connectivity index (χ0n) is 16.8. The number of carbonyl (C=O) groups is 1. The lowest BCUT2D eigenvalue weighted by atomic mass is 9.81. The van der Waals surface area contributed by atoms with Crippen molar-refractivity contribution in [1.29, 1.82) is 0 Å². The quantitative estimate of drug-likeness (QED) is 0.324. The van der Waals surface area contributed by atoms with Crippen LogP contribution in [0.2, 0.25) is 0 Å². The van der Waals surface area contributed by atoms with Gasteiger partial charge in [0.05, 0.1) is 19.1 Å². The van der Waals surface area contributed by atoms with Gasteiger partial charge in [-0.05, 0) is 143 Å². The SMILES string of the molecule is CCOC(=O)C[C@@H]1CCCc2cc(I)ccc21.O[C@H]1CCCc2cc(I)ccc21. The van der Waals surface area contributed by atoms with Gasteiger partial charge in [0.2, 0.25) is 0 Å². The molecule has 0 spiro atoms. The van der Waals surface area contributed by atoms with E-state index in [0.29, 0.717) is 18.9 Å². The summed E-state index contributed by atoms with van der Waals surface area (Å²) in [6, 6.07) is 12.9. The van der Waals surface area contributed by atoms with Crippen molar-refractivity contribution in [3.63, 3.8) is 0 Å². The van der Waals surface area contributed by atoms with Crippen molar-refractivity contribution in [2.75, 3.05) is 6.61 Å². The number of carbonyl (C=O) groups excluding carboxylic acids is 1. The molecule has 0 saturated heterocycles. The maximum atomic E-state index is 11.6. The number of esters is 1. The molecule has 4 rings (SSSR count). The summed E-state index contributed by atoms with van der Waals surface area (Å²) in [4.78, 5) is 11.6. The monoisotopic (exact) mass is 618 g/mol. The highest BCUT2D eigenvalue weighted by Crippen LogP contribution is 2.35. The predicted octanol–water partition coefficient (Wildman–Crippen LogP) is 6.33. The molecule has 2 aromatic carbocycles. The van der Waals surface area contributed by atoms with Gasteiger partial charge in [-0.1, -0.05) is 12.1 Å². The molecule has 1 N–H and O–H groups in total. The summed E-state index contributed by atoms with van der Waals surface area (Å²) in [7, 11) is 0. The molecule has 0 saturated carbocycles. The first-order valence-electron chi connectivity index (χ1n) is 10.4. The Morgan fingerprint density at radius 2 is 1.59 bits per heavy atom. The second-order valence-corrected chi connectivity index (χ2v) is 10.2. The molecule has 0 radical (unpaired) electrons. The van der Waals surface area contributed by atoms with Gasteiger partial charge in [0.1, 0.15) is 0 Å². The molecule has 3 nitrogen and oxygen atoms in total. The predicted molar refractivity (Wildman–Crippen MR) is 133 cm³/mol. The van der Waals surface area contributed by atoms with Gasteiger partial charge in [0.25, 0.3) is 0 Å². The van der Waals surface area contributed by atoms with Gasteiger partial charge in [0.15, 0.2) is 0 Å². The lowest BCUT2D eigenvalue weighted by Gasteiger charge is -2.25.